The molecular formula is C8H14BrClMg. The van der Waals surface area contributed by atoms with Gasteiger partial charge in [-0.3, -0.25) is 0 Å². The molecule has 0 radical (unpaired) electrons. The van der Waals surface area contributed by atoms with E-state index < -0.39 is 0 Å². The topological polar surface area (TPSA) is 0 Å². The summed E-state index contributed by atoms with van der Waals surface area (Å²) in [7, 11) is 0. The van der Waals surface area contributed by atoms with Crippen molar-refractivity contribution in [1.82, 2.24) is 0 Å². The van der Waals surface area contributed by atoms with Crippen LogP contribution in [0.25, 0.3) is 0 Å². The Labute approximate surface area is 102 Å². The van der Waals surface area contributed by atoms with Crippen molar-refractivity contribution in [3.8, 4) is 10.8 Å². The van der Waals surface area contributed by atoms with Gasteiger partial charge in [0.25, 0.3) is 0 Å². The van der Waals surface area contributed by atoms with Crippen LogP contribution in [0.1, 0.15) is 35.0 Å². The molecule has 0 aliphatic heterocycles. The van der Waals surface area contributed by atoms with Crippen molar-refractivity contribution in [3.63, 3.8) is 0 Å². The first-order valence-electron chi connectivity index (χ1n) is 3.56. The molecule has 0 aromatic rings. The van der Waals surface area contributed by atoms with E-state index in [-0.39, 0.29) is 25.9 Å². The number of alkyl halides is 1. The summed E-state index contributed by atoms with van der Waals surface area (Å²) in [6.07, 6.45) is 5.86. The number of hydrogen-bond donors (Lipinski definition) is 0. The second-order valence-corrected chi connectivity index (χ2v) is 2.90. The summed E-state index contributed by atoms with van der Waals surface area (Å²) in [5.74, 6) is 3.75. The van der Waals surface area contributed by atoms with Crippen molar-refractivity contribution in [3.05, 3.63) is 0 Å². The van der Waals surface area contributed by atoms with Gasteiger partial charge in [-0.15, -0.1) is 11.6 Å². The van der Waals surface area contributed by atoms with Gasteiger partial charge < -0.3 is 2.85 Å². The SMILES string of the molecule is ClCCCCCCC#CBr.[H-].[H-].[Mg+2]. The Kier molecular flexibility index (Phi) is 18.2. The molecule has 3 heteroatoms. The Balaban J connectivity index is -0.000000135. The maximum absolute atomic E-state index is 5.51. The van der Waals surface area contributed by atoms with E-state index in [4.69, 9.17) is 11.6 Å². The van der Waals surface area contributed by atoms with Crippen LogP contribution in [-0.4, -0.2) is 28.9 Å². The van der Waals surface area contributed by atoms with Crippen molar-refractivity contribution in [2.24, 2.45) is 0 Å². The van der Waals surface area contributed by atoms with E-state index in [0.717, 1.165) is 18.7 Å². The molecule has 0 aliphatic carbocycles. The summed E-state index contributed by atoms with van der Waals surface area (Å²) in [5, 5.41) is 0. The molecule has 11 heavy (non-hydrogen) atoms. The average molecular weight is 250 g/mol. The van der Waals surface area contributed by atoms with Crippen LogP contribution in [0.3, 0.4) is 0 Å². The van der Waals surface area contributed by atoms with Gasteiger partial charge in [0.2, 0.25) is 0 Å². The molecule has 0 aromatic carbocycles. The first kappa shape index (κ1) is 14.6. The standard InChI is InChI=1S/C8H12BrCl.Mg.2H/c9-7-5-3-1-2-4-6-8-10;;;/h1-4,6,8H2;;;/q;+2;2*-1. The third kappa shape index (κ3) is 14.0. The van der Waals surface area contributed by atoms with Crippen molar-refractivity contribution < 1.29 is 2.85 Å². The zero-order chi connectivity index (χ0) is 7.66. The molecular weight excluding hydrogens is 236 g/mol. The van der Waals surface area contributed by atoms with E-state index >= 15 is 0 Å². The molecule has 0 unspecified atom stereocenters. The maximum Gasteiger partial charge on any atom is 2.00 e. The van der Waals surface area contributed by atoms with Crippen LogP contribution in [0, 0.1) is 10.8 Å². The number of rotatable bonds is 5. The van der Waals surface area contributed by atoms with E-state index in [0.29, 0.717) is 0 Å². The molecule has 0 atom stereocenters. The fourth-order valence-electron chi connectivity index (χ4n) is 0.709. The molecule has 62 valence electrons. The molecule has 0 saturated carbocycles. The minimum Gasteiger partial charge on any atom is -1.00 e. The predicted octanol–water partition coefficient (Wildman–Crippen LogP) is 3.38. The molecule has 0 saturated heterocycles. The number of halogens is 2. The Morgan fingerprint density at radius 1 is 1.18 bits per heavy atom. The van der Waals surface area contributed by atoms with Crippen LogP contribution in [0.5, 0.6) is 0 Å². The molecule has 0 N–H and O–H groups in total. The monoisotopic (exact) mass is 248 g/mol. The van der Waals surface area contributed by atoms with Gasteiger partial charge in [-0.05, 0) is 17.7 Å². The summed E-state index contributed by atoms with van der Waals surface area (Å²) in [6, 6.07) is 0. The minimum absolute atomic E-state index is 0. The van der Waals surface area contributed by atoms with Gasteiger partial charge in [-0.25, -0.2) is 0 Å². The van der Waals surface area contributed by atoms with Gasteiger partial charge in [0, 0.05) is 28.2 Å². The molecule has 0 aromatic heterocycles. The van der Waals surface area contributed by atoms with Crippen LogP contribution in [0.4, 0.5) is 0 Å². The third-order valence-electron chi connectivity index (χ3n) is 1.25. The Morgan fingerprint density at radius 3 is 2.36 bits per heavy atom. The summed E-state index contributed by atoms with van der Waals surface area (Å²) >= 11 is 8.56. The average Bonchev–Trinajstić information content (AvgIpc) is 1.97. The van der Waals surface area contributed by atoms with Gasteiger partial charge in [0.05, 0.1) is 0 Å². The minimum atomic E-state index is 0. The molecule has 0 amide bonds. The van der Waals surface area contributed by atoms with Crippen LogP contribution >= 0.6 is 27.5 Å². The number of hydrogen-bond acceptors (Lipinski definition) is 0. The largest absolute Gasteiger partial charge is 2.00 e. The first-order chi connectivity index (χ1) is 4.91. The van der Waals surface area contributed by atoms with Gasteiger partial charge in [-0.1, -0.05) is 18.8 Å². The summed E-state index contributed by atoms with van der Waals surface area (Å²) in [6.45, 7) is 0. The van der Waals surface area contributed by atoms with Gasteiger partial charge in [-0.2, -0.15) is 0 Å². The summed E-state index contributed by atoms with van der Waals surface area (Å²) in [4.78, 5) is 2.70. The fourth-order valence-corrected chi connectivity index (χ4v) is 1.10. The van der Waals surface area contributed by atoms with Crippen LogP contribution in [0.15, 0.2) is 0 Å². The van der Waals surface area contributed by atoms with E-state index in [1.54, 1.807) is 0 Å². The van der Waals surface area contributed by atoms with Crippen molar-refractivity contribution in [1.29, 1.82) is 0 Å². The zero-order valence-electron chi connectivity index (χ0n) is 8.71. The second kappa shape index (κ2) is 13.7. The van der Waals surface area contributed by atoms with E-state index in [9.17, 15) is 0 Å². The Hall–Kier alpha value is 1.10. The third-order valence-corrected chi connectivity index (χ3v) is 1.80. The molecule has 0 bridgehead atoms. The Bertz CT molecular complexity index is 125. The maximum atomic E-state index is 5.51. The molecule has 0 fully saturated rings. The molecule has 0 nitrogen and oxygen atoms in total. The molecule has 0 heterocycles. The first-order valence-corrected chi connectivity index (χ1v) is 4.89. The van der Waals surface area contributed by atoms with Crippen molar-refractivity contribution in [2.75, 3.05) is 5.88 Å². The molecule has 0 rings (SSSR count). The zero-order valence-corrected chi connectivity index (χ0v) is 10.5. The normalized spacial score (nSPS) is 7.82. The van der Waals surface area contributed by atoms with Crippen molar-refractivity contribution in [2.45, 2.75) is 32.1 Å². The summed E-state index contributed by atoms with van der Waals surface area (Å²) < 4.78 is 0. The van der Waals surface area contributed by atoms with Crippen molar-refractivity contribution >= 4 is 50.6 Å². The van der Waals surface area contributed by atoms with E-state index in [2.05, 4.69) is 26.7 Å². The van der Waals surface area contributed by atoms with Crippen LogP contribution in [0.2, 0.25) is 0 Å². The summed E-state index contributed by atoms with van der Waals surface area (Å²) in [5.41, 5.74) is 0. The van der Waals surface area contributed by atoms with Crippen LogP contribution < -0.4 is 0 Å². The smallest absolute Gasteiger partial charge is 1.00 e. The quantitative estimate of drug-likeness (QED) is 0.303. The molecule has 0 spiro atoms. The van der Waals surface area contributed by atoms with E-state index in [1.165, 1.54) is 19.3 Å². The number of unbranched alkanes of at least 4 members (excludes halogenated alkanes) is 4. The van der Waals surface area contributed by atoms with Gasteiger partial charge in [0.15, 0.2) is 0 Å². The van der Waals surface area contributed by atoms with E-state index in [1.807, 2.05) is 0 Å². The van der Waals surface area contributed by atoms with Gasteiger partial charge >= 0.3 is 23.1 Å². The van der Waals surface area contributed by atoms with Gasteiger partial charge in [0.1, 0.15) is 0 Å². The second-order valence-electron chi connectivity index (χ2n) is 2.12. The Morgan fingerprint density at radius 2 is 1.82 bits per heavy atom. The predicted molar refractivity (Wildman–Crippen MR) is 58.5 cm³/mol. The molecule has 0 aliphatic rings. The van der Waals surface area contributed by atoms with Crippen LogP contribution in [-0.2, 0) is 0 Å². The fraction of sp³-hybridized carbons (Fsp3) is 0.750.